The van der Waals surface area contributed by atoms with Crippen LogP contribution in [0.1, 0.15) is 12.5 Å². The summed E-state index contributed by atoms with van der Waals surface area (Å²) in [4.78, 5) is 2.34. The molecule has 0 saturated carbocycles. The minimum absolute atomic E-state index is 0. The topological polar surface area (TPSA) is 15.3 Å². The van der Waals surface area contributed by atoms with Crippen LogP contribution in [0.4, 0.5) is 10.1 Å². The van der Waals surface area contributed by atoms with E-state index in [1.807, 2.05) is 13.0 Å². The van der Waals surface area contributed by atoms with Gasteiger partial charge in [0.05, 0.1) is 0 Å². The number of halogens is 2. The molecule has 1 atom stereocenters. The van der Waals surface area contributed by atoms with E-state index in [2.05, 4.69) is 17.1 Å². The minimum atomic E-state index is -0.154. The first-order valence-electron chi connectivity index (χ1n) is 5.42. The molecule has 2 nitrogen and oxygen atoms in total. The molecule has 4 heteroatoms. The van der Waals surface area contributed by atoms with Crippen LogP contribution in [0.2, 0.25) is 0 Å². The molecule has 1 saturated heterocycles. The van der Waals surface area contributed by atoms with Gasteiger partial charge in [-0.2, -0.15) is 0 Å². The van der Waals surface area contributed by atoms with Gasteiger partial charge in [-0.05, 0) is 37.6 Å². The average molecular weight is 245 g/mol. The number of rotatable bonds is 1. The highest BCUT2D eigenvalue weighted by molar-refractivity contribution is 5.85. The summed E-state index contributed by atoms with van der Waals surface area (Å²) in [5.41, 5.74) is 2.18. The van der Waals surface area contributed by atoms with Gasteiger partial charge in [-0.3, -0.25) is 0 Å². The van der Waals surface area contributed by atoms with Crippen molar-refractivity contribution in [3.63, 3.8) is 0 Å². The number of hydrogen-bond acceptors (Lipinski definition) is 2. The fourth-order valence-electron chi connectivity index (χ4n) is 2.14. The van der Waals surface area contributed by atoms with E-state index in [0.29, 0.717) is 6.04 Å². The molecule has 1 heterocycles. The Balaban J connectivity index is 0.00000128. The zero-order valence-electron chi connectivity index (χ0n) is 9.66. The summed E-state index contributed by atoms with van der Waals surface area (Å²) in [6.07, 6.45) is 0. The number of anilines is 1. The van der Waals surface area contributed by atoms with Crippen LogP contribution in [-0.4, -0.2) is 25.7 Å². The molecule has 1 aliphatic rings. The summed E-state index contributed by atoms with van der Waals surface area (Å²) in [6, 6.07) is 5.50. The third-order valence-corrected chi connectivity index (χ3v) is 2.97. The molecule has 0 amide bonds. The van der Waals surface area contributed by atoms with Gasteiger partial charge in [0.25, 0.3) is 0 Å². The van der Waals surface area contributed by atoms with Crippen LogP contribution in [0.15, 0.2) is 18.2 Å². The molecule has 2 rings (SSSR count). The normalized spacial score (nSPS) is 20.4. The molecule has 0 spiro atoms. The second kappa shape index (κ2) is 5.51. The van der Waals surface area contributed by atoms with Crippen molar-refractivity contribution in [2.75, 3.05) is 24.5 Å². The summed E-state index contributed by atoms with van der Waals surface area (Å²) in [5.74, 6) is -0.154. The zero-order valence-corrected chi connectivity index (χ0v) is 10.5. The Bertz CT molecular complexity index is 357. The summed E-state index contributed by atoms with van der Waals surface area (Å²) in [6.45, 7) is 7.15. The number of nitrogens with zero attached hydrogens (tertiary/aromatic N) is 1. The first-order chi connectivity index (χ1) is 7.18. The Morgan fingerprint density at radius 2 is 2.19 bits per heavy atom. The van der Waals surface area contributed by atoms with E-state index < -0.39 is 0 Å². The van der Waals surface area contributed by atoms with Crippen LogP contribution < -0.4 is 10.2 Å². The fraction of sp³-hybridized carbons (Fsp3) is 0.500. The predicted molar refractivity (Wildman–Crippen MR) is 68.1 cm³/mol. The van der Waals surface area contributed by atoms with Crippen molar-refractivity contribution >= 4 is 18.1 Å². The van der Waals surface area contributed by atoms with Crippen molar-refractivity contribution in [2.45, 2.75) is 19.9 Å². The number of nitrogens with one attached hydrogen (secondary N) is 1. The largest absolute Gasteiger partial charge is 0.366 e. The van der Waals surface area contributed by atoms with Gasteiger partial charge < -0.3 is 10.2 Å². The lowest BCUT2D eigenvalue weighted by Crippen LogP contribution is -2.50. The highest BCUT2D eigenvalue weighted by Gasteiger charge is 2.19. The minimum Gasteiger partial charge on any atom is -0.366 e. The first-order valence-corrected chi connectivity index (χ1v) is 5.42. The maximum absolute atomic E-state index is 13.0. The highest BCUT2D eigenvalue weighted by Crippen LogP contribution is 2.23. The Hall–Kier alpha value is -0.800. The quantitative estimate of drug-likeness (QED) is 0.816. The number of piperazine rings is 1. The monoisotopic (exact) mass is 244 g/mol. The number of aryl methyl sites for hydroxylation is 1. The van der Waals surface area contributed by atoms with E-state index >= 15 is 0 Å². The lowest BCUT2D eigenvalue weighted by molar-refractivity contribution is 0.499. The lowest BCUT2D eigenvalue weighted by Gasteiger charge is -2.36. The van der Waals surface area contributed by atoms with E-state index in [9.17, 15) is 4.39 Å². The van der Waals surface area contributed by atoms with Crippen molar-refractivity contribution < 1.29 is 4.39 Å². The molecule has 0 unspecified atom stereocenters. The van der Waals surface area contributed by atoms with Crippen molar-refractivity contribution in [1.29, 1.82) is 0 Å². The summed E-state index contributed by atoms with van der Waals surface area (Å²) in [7, 11) is 0. The van der Waals surface area contributed by atoms with Gasteiger partial charge in [0, 0.05) is 31.4 Å². The molecule has 1 aromatic rings. The van der Waals surface area contributed by atoms with E-state index in [4.69, 9.17) is 0 Å². The lowest BCUT2D eigenvalue weighted by atomic mass is 10.1. The summed E-state index contributed by atoms with van der Waals surface area (Å²) >= 11 is 0. The van der Waals surface area contributed by atoms with Crippen LogP contribution in [0.25, 0.3) is 0 Å². The fourth-order valence-corrected chi connectivity index (χ4v) is 2.14. The van der Waals surface area contributed by atoms with E-state index in [0.717, 1.165) is 30.9 Å². The second-order valence-corrected chi connectivity index (χ2v) is 4.18. The second-order valence-electron chi connectivity index (χ2n) is 4.18. The SMILES string of the molecule is Cc1cc(F)ccc1N1CCNC[C@@H]1C.Cl. The van der Waals surface area contributed by atoms with Crippen LogP contribution >= 0.6 is 12.4 Å². The Kier molecular flexibility index (Phi) is 4.56. The van der Waals surface area contributed by atoms with Gasteiger partial charge in [-0.15, -0.1) is 12.4 Å². The Morgan fingerprint density at radius 3 is 2.81 bits per heavy atom. The molecule has 0 radical (unpaired) electrons. The predicted octanol–water partition coefficient (Wildman–Crippen LogP) is 2.35. The molecular weight excluding hydrogens is 227 g/mol. The maximum atomic E-state index is 13.0. The van der Waals surface area contributed by atoms with Crippen molar-refractivity contribution in [2.24, 2.45) is 0 Å². The van der Waals surface area contributed by atoms with Gasteiger partial charge in [0.2, 0.25) is 0 Å². The Morgan fingerprint density at radius 1 is 1.44 bits per heavy atom. The molecular formula is C12H18ClFN2. The summed E-state index contributed by atoms with van der Waals surface area (Å²) in [5, 5.41) is 3.35. The van der Waals surface area contributed by atoms with Crippen molar-refractivity contribution in [3.8, 4) is 0 Å². The van der Waals surface area contributed by atoms with Crippen molar-refractivity contribution in [3.05, 3.63) is 29.6 Å². The molecule has 0 aliphatic carbocycles. The molecule has 1 fully saturated rings. The van der Waals surface area contributed by atoms with E-state index in [1.165, 1.54) is 6.07 Å². The summed E-state index contributed by atoms with van der Waals surface area (Å²) < 4.78 is 13.0. The number of hydrogen-bond donors (Lipinski definition) is 1. The van der Waals surface area contributed by atoms with Crippen molar-refractivity contribution in [1.82, 2.24) is 5.32 Å². The molecule has 1 aromatic carbocycles. The van der Waals surface area contributed by atoms with Gasteiger partial charge in [0.1, 0.15) is 5.82 Å². The molecule has 16 heavy (non-hydrogen) atoms. The van der Waals surface area contributed by atoms with Crippen LogP contribution in [0.5, 0.6) is 0 Å². The van der Waals surface area contributed by atoms with E-state index in [1.54, 1.807) is 6.07 Å². The van der Waals surface area contributed by atoms with Gasteiger partial charge >= 0.3 is 0 Å². The van der Waals surface area contributed by atoms with Gasteiger partial charge in [-0.1, -0.05) is 0 Å². The van der Waals surface area contributed by atoms with Crippen LogP contribution in [-0.2, 0) is 0 Å². The third kappa shape index (κ3) is 2.66. The van der Waals surface area contributed by atoms with Gasteiger partial charge in [-0.25, -0.2) is 4.39 Å². The molecule has 1 N–H and O–H groups in total. The smallest absolute Gasteiger partial charge is 0.123 e. The standard InChI is InChI=1S/C12H17FN2.ClH/c1-9-7-11(13)3-4-12(9)15-6-5-14-8-10(15)2;/h3-4,7,10,14H,5-6,8H2,1-2H3;1H/t10-;/m0./s1. The maximum Gasteiger partial charge on any atom is 0.123 e. The zero-order chi connectivity index (χ0) is 10.8. The van der Waals surface area contributed by atoms with Crippen LogP contribution in [0.3, 0.4) is 0 Å². The Labute approximate surface area is 102 Å². The van der Waals surface area contributed by atoms with E-state index in [-0.39, 0.29) is 18.2 Å². The van der Waals surface area contributed by atoms with Gasteiger partial charge in [0.15, 0.2) is 0 Å². The highest BCUT2D eigenvalue weighted by atomic mass is 35.5. The molecule has 0 bridgehead atoms. The van der Waals surface area contributed by atoms with Crippen LogP contribution in [0, 0.1) is 12.7 Å². The molecule has 0 aromatic heterocycles. The molecule has 1 aliphatic heterocycles. The number of benzene rings is 1. The third-order valence-electron chi connectivity index (χ3n) is 2.97. The first kappa shape index (κ1) is 13.3. The molecule has 90 valence electrons. The average Bonchev–Trinajstić information content (AvgIpc) is 2.20.